The molecule has 0 amide bonds. The SMILES string of the molecule is [C-]#[N+]c1cncc(-c2nn(C(C)c3oc(=O)c4ccccc4c3-c3ccccc3)c3ncnc(N)c23)c1. The molecule has 0 saturated heterocycles. The second-order valence-electron chi connectivity index (χ2n) is 8.51. The Labute approximate surface area is 210 Å². The van der Waals surface area contributed by atoms with Crippen LogP contribution in [0.4, 0.5) is 11.5 Å². The molecule has 0 fully saturated rings. The number of hydrogen-bond acceptors (Lipinski definition) is 7. The van der Waals surface area contributed by atoms with Gasteiger partial charge in [0, 0.05) is 28.9 Å². The summed E-state index contributed by atoms with van der Waals surface area (Å²) in [5.41, 5.74) is 9.48. The number of hydrogen-bond donors (Lipinski definition) is 1. The third-order valence-electron chi connectivity index (χ3n) is 6.32. The van der Waals surface area contributed by atoms with E-state index in [1.807, 2.05) is 55.5 Å². The lowest BCUT2D eigenvalue weighted by Gasteiger charge is -2.18. The number of anilines is 1. The summed E-state index contributed by atoms with van der Waals surface area (Å²) >= 11 is 0. The molecule has 6 aromatic rings. The van der Waals surface area contributed by atoms with E-state index in [4.69, 9.17) is 21.8 Å². The molecule has 2 aromatic carbocycles. The van der Waals surface area contributed by atoms with Gasteiger partial charge in [-0.25, -0.2) is 24.3 Å². The molecule has 0 radical (unpaired) electrons. The lowest BCUT2D eigenvalue weighted by atomic mass is 9.96. The first-order valence-corrected chi connectivity index (χ1v) is 11.5. The number of pyridine rings is 1. The fourth-order valence-corrected chi connectivity index (χ4v) is 4.61. The summed E-state index contributed by atoms with van der Waals surface area (Å²) in [6.07, 6.45) is 4.46. The zero-order valence-corrected chi connectivity index (χ0v) is 19.7. The number of nitrogens with two attached hydrogens (primary N) is 1. The normalized spacial score (nSPS) is 12.0. The molecule has 0 spiro atoms. The molecule has 1 unspecified atom stereocenters. The van der Waals surface area contributed by atoms with Crippen LogP contribution in [0.2, 0.25) is 0 Å². The van der Waals surface area contributed by atoms with Gasteiger partial charge in [0.1, 0.15) is 29.6 Å². The Kier molecular flexibility index (Phi) is 5.20. The summed E-state index contributed by atoms with van der Waals surface area (Å²) in [7, 11) is 0. The summed E-state index contributed by atoms with van der Waals surface area (Å²) in [5, 5.41) is 6.66. The van der Waals surface area contributed by atoms with Crippen LogP contribution in [0, 0.1) is 6.57 Å². The Morgan fingerprint density at radius 2 is 1.76 bits per heavy atom. The fraction of sp³-hybridized carbons (Fsp3) is 0.0714. The van der Waals surface area contributed by atoms with Gasteiger partial charge in [0.05, 0.1) is 17.3 Å². The molecule has 6 rings (SSSR count). The third kappa shape index (κ3) is 3.59. The average molecular weight is 486 g/mol. The molecular weight excluding hydrogens is 466 g/mol. The van der Waals surface area contributed by atoms with Gasteiger partial charge in [-0.15, -0.1) is 0 Å². The Morgan fingerprint density at radius 3 is 2.54 bits per heavy atom. The molecule has 4 aromatic heterocycles. The monoisotopic (exact) mass is 485 g/mol. The third-order valence-corrected chi connectivity index (χ3v) is 6.32. The van der Waals surface area contributed by atoms with Crippen molar-refractivity contribution < 1.29 is 4.42 Å². The average Bonchev–Trinajstić information content (AvgIpc) is 3.34. The maximum Gasteiger partial charge on any atom is 0.343 e. The quantitative estimate of drug-likeness (QED) is 0.332. The smallest absolute Gasteiger partial charge is 0.343 e. The van der Waals surface area contributed by atoms with Crippen LogP contribution in [-0.2, 0) is 0 Å². The number of nitrogens with zero attached hydrogens (tertiary/aromatic N) is 6. The van der Waals surface area contributed by atoms with Crippen LogP contribution in [0.15, 0.2) is 88.6 Å². The molecule has 37 heavy (non-hydrogen) atoms. The topological polar surface area (TPSA) is 117 Å². The zero-order valence-electron chi connectivity index (χ0n) is 19.7. The van der Waals surface area contributed by atoms with Crippen molar-refractivity contribution in [1.82, 2.24) is 24.7 Å². The van der Waals surface area contributed by atoms with Crippen LogP contribution >= 0.6 is 0 Å². The highest BCUT2D eigenvalue weighted by Gasteiger charge is 2.26. The van der Waals surface area contributed by atoms with Gasteiger partial charge >= 0.3 is 5.63 Å². The number of nitrogen functional groups attached to an aromatic ring is 1. The van der Waals surface area contributed by atoms with Crippen LogP contribution in [0.1, 0.15) is 18.7 Å². The summed E-state index contributed by atoms with van der Waals surface area (Å²) in [4.78, 5) is 29.3. The first-order chi connectivity index (χ1) is 18.1. The highest BCUT2D eigenvalue weighted by atomic mass is 16.4. The lowest BCUT2D eigenvalue weighted by molar-refractivity contribution is 0.405. The summed E-state index contributed by atoms with van der Waals surface area (Å²) < 4.78 is 7.65. The van der Waals surface area contributed by atoms with Crippen LogP contribution < -0.4 is 11.4 Å². The number of fused-ring (bicyclic) bond motifs is 2. The van der Waals surface area contributed by atoms with E-state index >= 15 is 0 Å². The molecule has 0 aliphatic carbocycles. The predicted molar refractivity (Wildman–Crippen MR) is 141 cm³/mol. The second-order valence-corrected chi connectivity index (χ2v) is 8.51. The summed E-state index contributed by atoms with van der Waals surface area (Å²) in [6.45, 7) is 9.24. The fourth-order valence-electron chi connectivity index (χ4n) is 4.61. The van der Waals surface area contributed by atoms with Crippen molar-refractivity contribution in [2.75, 3.05) is 5.73 Å². The molecular formula is C28H19N7O2. The molecule has 1 atom stereocenters. The Morgan fingerprint density at radius 1 is 1.00 bits per heavy atom. The van der Waals surface area contributed by atoms with Crippen LogP contribution in [-0.4, -0.2) is 24.7 Å². The van der Waals surface area contributed by atoms with Gasteiger partial charge in [0.25, 0.3) is 0 Å². The van der Waals surface area contributed by atoms with Crippen LogP contribution in [0.5, 0.6) is 0 Å². The van der Waals surface area contributed by atoms with Crippen molar-refractivity contribution in [2.24, 2.45) is 0 Å². The second kappa shape index (κ2) is 8.70. The highest BCUT2D eigenvalue weighted by molar-refractivity contribution is 5.99. The first-order valence-electron chi connectivity index (χ1n) is 11.5. The van der Waals surface area contributed by atoms with Gasteiger partial charge in [-0.2, -0.15) is 5.10 Å². The Bertz CT molecular complexity index is 1900. The van der Waals surface area contributed by atoms with E-state index in [2.05, 4.69) is 19.8 Å². The summed E-state index contributed by atoms with van der Waals surface area (Å²) in [5.74, 6) is 0.686. The van der Waals surface area contributed by atoms with Gasteiger partial charge in [-0.3, -0.25) is 4.98 Å². The van der Waals surface area contributed by atoms with Gasteiger partial charge in [0.2, 0.25) is 5.69 Å². The van der Waals surface area contributed by atoms with Gasteiger partial charge in [0.15, 0.2) is 5.65 Å². The van der Waals surface area contributed by atoms with Crippen molar-refractivity contribution in [3.05, 3.63) is 107 Å². The predicted octanol–water partition coefficient (Wildman–Crippen LogP) is 5.40. The van der Waals surface area contributed by atoms with Crippen molar-refractivity contribution in [3.63, 3.8) is 0 Å². The van der Waals surface area contributed by atoms with E-state index in [1.54, 1.807) is 23.0 Å². The molecule has 4 heterocycles. The minimum absolute atomic E-state index is 0.245. The van der Waals surface area contributed by atoms with Crippen LogP contribution in [0.3, 0.4) is 0 Å². The van der Waals surface area contributed by atoms with E-state index in [9.17, 15) is 4.79 Å². The number of aromatic nitrogens is 5. The molecule has 0 aliphatic heterocycles. The van der Waals surface area contributed by atoms with Crippen LogP contribution in [0.25, 0.3) is 49.0 Å². The van der Waals surface area contributed by atoms with E-state index < -0.39 is 11.7 Å². The number of benzene rings is 2. The van der Waals surface area contributed by atoms with Crippen molar-refractivity contribution in [3.8, 4) is 22.4 Å². The molecule has 178 valence electrons. The lowest BCUT2D eigenvalue weighted by Crippen LogP contribution is -2.14. The maximum atomic E-state index is 13.1. The Hall–Kier alpha value is -5.36. The van der Waals surface area contributed by atoms with Crippen molar-refractivity contribution in [2.45, 2.75) is 13.0 Å². The molecule has 0 saturated carbocycles. The van der Waals surface area contributed by atoms with E-state index in [-0.39, 0.29) is 5.82 Å². The van der Waals surface area contributed by atoms with Crippen molar-refractivity contribution >= 4 is 33.3 Å². The molecule has 9 nitrogen and oxygen atoms in total. The van der Waals surface area contributed by atoms with Crippen molar-refractivity contribution in [1.29, 1.82) is 0 Å². The summed E-state index contributed by atoms with van der Waals surface area (Å²) in [6, 6.07) is 18.3. The van der Waals surface area contributed by atoms with Gasteiger partial charge < -0.3 is 10.2 Å². The highest BCUT2D eigenvalue weighted by Crippen LogP contribution is 2.38. The van der Waals surface area contributed by atoms with Gasteiger partial charge in [-0.05, 0) is 24.6 Å². The van der Waals surface area contributed by atoms with Gasteiger partial charge in [-0.1, -0.05) is 48.5 Å². The minimum atomic E-state index is -0.546. The molecule has 2 N–H and O–H groups in total. The minimum Gasteiger partial charge on any atom is -0.424 e. The molecule has 0 aliphatic rings. The first kappa shape index (κ1) is 22.1. The maximum absolute atomic E-state index is 13.1. The standard InChI is InChI=1S/C28H19N7O2/c1-16(25-22(17-8-4-3-5-9-17)20-10-6-7-11-21(20)28(36)37-25)35-27-23(26(29)32-15-33-27)24(34-35)18-12-19(30-2)14-31-13-18/h3-16H,1H3,(H2,29,32,33). The Balaban J connectivity index is 1.64. The zero-order chi connectivity index (χ0) is 25.5. The van der Waals surface area contributed by atoms with E-state index in [0.29, 0.717) is 39.1 Å². The van der Waals surface area contributed by atoms with E-state index in [0.717, 1.165) is 16.5 Å². The van der Waals surface area contributed by atoms with E-state index in [1.165, 1.54) is 12.5 Å². The largest absolute Gasteiger partial charge is 0.424 e. The molecule has 0 bridgehead atoms. The molecule has 9 heteroatoms. The number of rotatable bonds is 4.